The van der Waals surface area contributed by atoms with Gasteiger partial charge in [-0.15, -0.1) is 0 Å². The monoisotopic (exact) mass is 360 g/mol. The van der Waals surface area contributed by atoms with Gasteiger partial charge in [-0.25, -0.2) is 13.9 Å². The van der Waals surface area contributed by atoms with Crippen LogP contribution in [-0.2, 0) is 11.3 Å². The van der Waals surface area contributed by atoms with Crippen molar-refractivity contribution in [1.29, 1.82) is 0 Å². The highest BCUT2D eigenvalue weighted by Gasteiger charge is 2.34. The van der Waals surface area contributed by atoms with Crippen LogP contribution in [0.25, 0.3) is 5.65 Å². The first-order valence-corrected chi connectivity index (χ1v) is 8.11. The second-order valence-corrected chi connectivity index (χ2v) is 6.23. The van der Waals surface area contributed by atoms with Gasteiger partial charge in [-0.3, -0.25) is 9.69 Å². The SMILES string of the molecule is Cc1nc2ccc(Cl)nn2c1CN1C(=O)[C@@H](C)Oc2c(F)cccc21. The number of ether oxygens (including phenoxy) is 1. The summed E-state index contributed by atoms with van der Waals surface area (Å²) in [5.74, 6) is -0.681. The Kier molecular flexibility index (Phi) is 3.61. The van der Waals surface area contributed by atoms with E-state index in [2.05, 4.69) is 10.1 Å². The summed E-state index contributed by atoms with van der Waals surface area (Å²) in [6.07, 6.45) is -0.777. The number of carbonyl (C=O) groups excluding carboxylic acids is 1. The fourth-order valence-electron chi connectivity index (χ4n) is 2.95. The van der Waals surface area contributed by atoms with E-state index >= 15 is 0 Å². The molecule has 0 saturated heterocycles. The maximum absolute atomic E-state index is 14.1. The van der Waals surface area contributed by atoms with Crippen LogP contribution < -0.4 is 9.64 Å². The summed E-state index contributed by atoms with van der Waals surface area (Å²) in [6, 6.07) is 7.91. The molecule has 1 atom stereocenters. The zero-order valence-electron chi connectivity index (χ0n) is 13.5. The van der Waals surface area contributed by atoms with Gasteiger partial charge in [0.15, 0.2) is 23.3 Å². The largest absolute Gasteiger partial charge is 0.476 e. The Balaban J connectivity index is 1.83. The molecule has 2 aromatic heterocycles. The van der Waals surface area contributed by atoms with Crippen LogP contribution in [0.2, 0.25) is 5.15 Å². The lowest BCUT2D eigenvalue weighted by molar-refractivity contribution is -0.125. The van der Waals surface area contributed by atoms with Crippen molar-refractivity contribution in [3.8, 4) is 5.75 Å². The number of aromatic nitrogens is 3. The zero-order chi connectivity index (χ0) is 17.7. The molecule has 0 unspecified atom stereocenters. The van der Waals surface area contributed by atoms with Crippen LogP contribution in [0.1, 0.15) is 18.3 Å². The average Bonchev–Trinajstić information content (AvgIpc) is 2.88. The van der Waals surface area contributed by atoms with E-state index in [1.54, 1.807) is 35.7 Å². The van der Waals surface area contributed by atoms with Crippen LogP contribution in [-0.4, -0.2) is 26.6 Å². The predicted molar refractivity (Wildman–Crippen MR) is 90.4 cm³/mol. The molecule has 1 aromatic carbocycles. The van der Waals surface area contributed by atoms with Gasteiger partial charge < -0.3 is 4.74 Å². The van der Waals surface area contributed by atoms with Gasteiger partial charge in [0.1, 0.15) is 5.15 Å². The van der Waals surface area contributed by atoms with Gasteiger partial charge in [0.25, 0.3) is 5.91 Å². The molecule has 1 aliphatic rings. The number of imidazole rings is 1. The third kappa shape index (κ3) is 2.51. The van der Waals surface area contributed by atoms with E-state index < -0.39 is 11.9 Å². The van der Waals surface area contributed by atoms with Crippen LogP contribution in [0.5, 0.6) is 5.75 Å². The lowest BCUT2D eigenvalue weighted by Crippen LogP contribution is -2.44. The maximum Gasteiger partial charge on any atom is 0.268 e. The molecule has 3 heterocycles. The number of benzene rings is 1. The quantitative estimate of drug-likeness (QED) is 0.704. The first-order valence-electron chi connectivity index (χ1n) is 7.73. The Bertz CT molecular complexity index is 1000. The van der Waals surface area contributed by atoms with Crippen molar-refractivity contribution in [2.45, 2.75) is 26.5 Å². The van der Waals surface area contributed by atoms with Crippen molar-refractivity contribution < 1.29 is 13.9 Å². The molecule has 0 radical (unpaired) electrons. The highest BCUT2D eigenvalue weighted by molar-refractivity contribution is 6.29. The molecule has 3 aromatic rings. The molecule has 4 rings (SSSR count). The summed E-state index contributed by atoms with van der Waals surface area (Å²) in [7, 11) is 0. The topological polar surface area (TPSA) is 59.7 Å². The molecule has 8 heteroatoms. The molecule has 0 spiro atoms. The van der Waals surface area contributed by atoms with E-state index in [-0.39, 0.29) is 18.2 Å². The van der Waals surface area contributed by atoms with E-state index in [1.165, 1.54) is 11.0 Å². The second-order valence-electron chi connectivity index (χ2n) is 5.84. The average molecular weight is 361 g/mol. The van der Waals surface area contributed by atoms with Gasteiger partial charge in [0.2, 0.25) is 0 Å². The predicted octanol–water partition coefficient (Wildman–Crippen LogP) is 3.14. The highest BCUT2D eigenvalue weighted by atomic mass is 35.5. The summed E-state index contributed by atoms with van der Waals surface area (Å²) in [5, 5.41) is 4.57. The fourth-order valence-corrected chi connectivity index (χ4v) is 3.09. The number of halogens is 2. The molecule has 25 heavy (non-hydrogen) atoms. The molecule has 6 nitrogen and oxygen atoms in total. The molecular formula is C17H14ClFN4O2. The summed E-state index contributed by atoms with van der Waals surface area (Å²) < 4.78 is 21.1. The molecule has 1 amide bonds. The van der Waals surface area contributed by atoms with Crippen LogP contribution in [0, 0.1) is 12.7 Å². The lowest BCUT2D eigenvalue weighted by atomic mass is 10.1. The van der Waals surface area contributed by atoms with E-state index in [0.29, 0.717) is 22.2 Å². The van der Waals surface area contributed by atoms with Gasteiger partial charge in [0.05, 0.1) is 23.6 Å². The van der Waals surface area contributed by atoms with Crippen molar-refractivity contribution >= 4 is 28.8 Å². The number of anilines is 1. The van der Waals surface area contributed by atoms with Gasteiger partial charge in [-0.05, 0) is 38.1 Å². The summed E-state index contributed by atoms with van der Waals surface area (Å²) >= 11 is 5.99. The summed E-state index contributed by atoms with van der Waals surface area (Å²) in [5.41, 5.74) is 2.44. The van der Waals surface area contributed by atoms with Crippen LogP contribution >= 0.6 is 11.6 Å². The highest BCUT2D eigenvalue weighted by Crippen LogP contribution is 2.37. The first-order chi connectivity index (χ1) is 12.0. The van der Waals surface area contributed by atoms with Crippen LogP contribution in [0.3, 0.4) is 0 Å². The number of aryl methyl sites for hydroxylation is 1. The van der Waals surface area contributed by atoms with Gasteiger partial charge in [-0.2, -0.15) is 5.10 Å². The van der Waals surface area contributed by atoms with Crippen molar-refractivity contribution in [2.75, 3.05) is 4.90 Å². The molecule has 0 aliphatic carbocycles. The number of hydrogen-bond acceptors (Lipinski definition) is 4. The molecule has 0 bridgehead atoms. The first kappa shape index (κ1) is 15.8. The smallest absolute Gasteiger partial charge is 0.268 e. The van der Waals surface area contributed by atoms with Gasteiger partial charge in [-0.1, -0.05) is 17.7 Å². The van der Waals surface area contributed by atoms with Crippen LogP contribution in [0.15, 0.2) is 30.3 Å². The van der Waals surface area contributed by atoms with E-state index in [9.17, 15) is 9.18 Å². The Morgan fingerprint density at radius 3 is 2.92 bits per heavy atom. The lowest BCUT2D eigenvalue weighted by Gasteiger charge is -2.33. The minimum Gasteiger partial charge on any atom is -0.476 e. The Morgan fingerprint density at radius 1 is 1.32 bits per heavy atom. The van der Waals surface area contributed by atoms with E-state index in [4.69, 9.17) is 16.3 Å². The number of para-hydroxylation sites is 1. The minimum atomic E-state index is -0.777. The van der Waals surface area contributed by atoms with Crippen LogP contribution in [0.4, 0.5) is 10.1 Å². The molecule has 0 saturated carbocycles. The minimum absolute atomic E-state index is 0.0760. The molecule has 0 fully saturated rings. The number of rotatable bonds is 2. The van der Waals surface area contributed by atoms with Crippen molar-refractivity contribution in [2.24, 2.45) is 0 Å². The number of hydrogen-bond donors (Lipinski definition) is 0. The summed E-state index contributed by atoms with van der Waals surface area (Å²) in [6.45, 7) is 3.61. The van der Waals surface area contributed by atoms with Gasteiger partial charge in [0, 0.05) is 0 Å². The van der Waals surface area contributed by atoms with Crippen molar-refractivity contribution in [3.63, 3.8) is 0 Å². The van der Waals surface area contributed by atoms with Crippen molar-refractivity contribution in [3.05, 3.63) is 52.7 Å². The zero-order valence-corrected chi connectivity index (χ0v) is 14.3. The Hall–Kier alpha value is -2.67. The normalized spacial score (nSPS) is 16.9. The third-order valence-electron chi connectivity index (χ3n) is 4.19. The van der Waals surface area contributed by atoms with Gasteiger partial charge >= 0.3 is 0 Å². The Morgan fingerprint density at radius 2 is 2.12 bits per heavy atom. The van der Waals surface area contributed by atoms with E-state index in [0.717, 1.165) is 5.69 Å². The number of amides is 1. The fraction of sp³-hybridized carbons (Fsp3) is 0.235. The van der Waals surface area contributed by atoms with Crippen molar-refractivity contribution in [1.82, 2.24) is 14.6 Å². The number of fused-ring (bicyclic) bond motifs is 2. The molecule has 0 N–H and O–H groups in total. The Labute approximate surface area is 147 Å². The third-order valence-corrected chi connectivity index (χ3v) is 4.39. The molecule has 1 aliphatic heterocycles. The maximum atomic E-state index is 14.1. The molecular weight excluding hydrogens is 347 g/mol. The summed E-state index contributed by atoms with van der Waals surface area (Å²) in [4.78, 5) is 18.6. The van der Waals surface area contributed by atoms with E-state index in [1.807, 2.05) is 6.92 Å². The second kappa shape index (κ2) is 5.70. The number of carbonyl (C=O) groups is 1. The number of nitrogens with zero attached hydrogens (tertiary/aromatic N) is 4. The molecule has 128 valence electrons. The standard InChI is InChI=1S/C17H14ClFN4O2/c1-9-13(23-15(20-9)7-6-14(18)21-23)8-22-12-5-3-4-11(19)16(12)25-10(2)17(22)24/h3-7,10H,8H2,1-2H3/t10-/m1/s1.